The van der Waals surface area contributed by atoms with Crippen molar-refractivity contribution in [1.29, 1.82) is 0 Å². The normalized spacial score (nSPS) is 17.2. The van der Waals surface area contributed by atoms with Gasteiger partial charge in [-0.2, -0.15) is 0 Å². The standard InChI is InChI=1S/C18H19NO2/c1-12-18(19(2)3)17(13-7-6-8-14(20)11-13)15-9-4-5-10-16(15)21-12/h4-12,20H,1-3H3. The van der Waals surface area contributed by atoms with Crippen LogP contribution in [-0.4, -0.2) is 30.2 Å². The number of fused-ring (bicyclic) bond motifs is 1. The second-order valence-electron chi connectivity index (χ2n) is 5.46. The molecule has 1 aliphatic heterocycles. The van der Waals surface area contributed by atoms with E-state index in [4.69, 9.17) is 4.74 Å². The number of phenolic OH excluding ortho intramolecular Hbond substituents is 1. The Labute approximate surface area is 125 Å². The lowest BCUT2D eigenvalue weighted by Crippen LogP contribution is -2.30. The molecule has 0 radical (unpaired) electrons. The van der Waals surface area contributed by atoms with Crippen molar-refractivity contribution < 1.29 is 9.84 Å². The molecule has 1 atom stereocenters. The van der Waals surface area contributed by atoms with Crippen molar-refractivity contribution in [1.82, 2.24) is 4.90 Å². The van der Waals surface area contributed by atoms with Crippen LogP contribution in [0.4, 0.5) is 0 Å². The first-order valence-corrected chi connectivity index (χ1v) is 7.05. The van der Waals surface area contributed by atoms with Crippen LogP contribution in [0.15, 0.2) is 54.2 Å². The molecule has 1 unspecified atom stereocenters. The van der Waals surface area contributed by atoms with E-state index < -0.39 is 0 Å². The number of nitrogens with zero attached hydrogens (tertiary/aromatic N) is 1. The van der Waals surface area contributed by atoms with Crippen molar-refractivity contribution in [2.75, 3.05) is 14.1 Å². The largest absolute Gasteiger partial charge is 0.508 e. The number of hydrogen-bond acceptors (Lipinski definition) is 3. The smallest absolute Gasteiger partial charge is 0.136 e. The van der Waals surface area contributed by atoms with Gasteiger partial charge in [0, 0.05) is 25.2 Å². The first-order valence-electron chi connectivity index (χ1n) is 7.05. The van der Waals surface area contributed by atoms with Gasteiger partial charge in [0.2, 0.25) is 0 Å². The Hall–Kier alpha value is -2.42. The van der Waals surface area contributed by atoms with Crippen LogP contribution in [-0.2, 0) is 0 Å². The minimum Gasteiger partial charge on any atom is -0.508 e. The van der Waals surface area contributed by atoms with E-state index in [-0.39, 0.29) is 11.9 Å². The molecule has 0 aromatic heterocycles. The van der Waals surface area contributed by atoms with Crippen LogP contribution in [0.2, 0.25) is 0 Å². The van der Waals surface area contributed by atoms with E-state index >= 15 is 0 Å². The van der Waals surface area contributed by atoms with Gasteiger partial charge in [0.15, 0.2) is 0 Å². The summed E-state index contributed by atoms with van der Waals surface area (Å²) in [6.45, 7) is 2.05. The number of benzene rings is 2. The molecule has 3 heteroatoms. The van der Waals surface area contributed by atoms with Gasteiger partial charge < -0.3 is 14.7 Å². The van der Waals surface area contributed by atoms with Crippen LogP contribution in [0, 0.1) is 0 Å². The quantitative estimate of drug-likeness (QED) is 0.914. The van der Waals surface area contributed by atoms with Gasteiger partial charge in [-0.1, -0.05) is 30.3 Å². The van der Waals surface area contributed by atoms with Crippen LogP contribution in [0.3, 0.4) is 0 Å². The van der Waals surface area contributed by atoms with Crippen LogP contribution >= 0.6 is 0 Å². The maximum absolute atomic E-state index is 9.82. The molecule has 3 rings (SSSR count). The summed E-state index contributed by atoms with van der Waals surface area (Å²) < 4.78 is 6.03. The molecule has 1 N–H and O–H groups in total. The number of ether oxygens (including phenoxy) is 1. The molecule has 0 bridgehead atoms. The summed E-state index contributed by atoms with van der Waals surface area (Å²) in [6, 6.07) is 15.4. The number of aromatic hydroxyl groups is 1. The van der Waals surface area contributed by atoms with Crippen molar-refractivity contribution in [3.63, 3.8) is 0 Å². The lowest BCUT2D eigenvalue weighted by atomic mass is 9.91. The third kappa shape index (κ3) is 2.35. The Kier molecular flexibility index (Phi) is 3.34. The Morgan fingerprint density at radius 3 is 2.52 bits per heavy atom. The molecular weight excluding hydrogens is 262 g/mol. The molecule has 1 aliphatic rings. The summed E-state index contributed by atoms with van der Waals surface area (Å²) in [6.07, 6.45) is -0.0350. The molecular formula is C18H19NO2. The lowest BCUT2D eigenvalue weighted by molar-refractivity contribution is 0.217. The van der Waals surface area contributed by atoms with Crippen LogP contribution in [0.1, 0.15) is 18.1 Å². The molecule has 2 aromatic carbocycles. The number of phenols is 1. The fourth-order valence-corrected chi connectivity index (χ4v) is 2.92. The molecule has 21 heavy (non-hydrogen) atoms. The van der Waals surface area contributed by atoms with Crippen LogP contribution < -0.4 is 4.74 Å². The summed E-state index contributed by atoms with van der Waals surface area (Å²) in [7, 11) is 4.04. The third-order valence-electron chi connectivity index (χ3n) is 3.72. The van der Waals surface area contributed by atoms with Crippen molar-refractivity contribution in [3.05, 3.63) is 65.4 Å². The topological polar surface area (TPSA) is 32.7 Å². The predicted molar refractivity (Wildman–Crippen MR) is 84.3 cm³/mol. The van der Waals surface area contributed by atoms with E-state index in [2.05, 4.69) is 11.0 Å². The zero-order valence-corrected chi connectivity index (χ0v) is 12.5. The van der Waals surface area contributed by atoms with Gasteiger partial charge in [-0.15, -0.1) is 0 Å². The minimum atomic E-state index is -0.0350. The van der Waals surface area contributed by atoms with E-state index in [1.54, 1.807) is 12.1 Å². The second-order valence-corrected chi connectivity index (χ2v) is 5.46. The van der Waals surface area contributed by atoms with Crippen molar-refractivity contribution in [2.24, 2.45) is 0 Å². The zero-order chi connectivity index (χ0) is 15.0. The SMILES string of the molecule is CC1Oc2ccccc2C(c2cccc(O)c2)=C1N(C)C. The van der Waals surface area contributed by atoms with Gasteiger partial charge in [-0.05, 0) is 30.7 Å². The first kappa shape index (κ1) is 13.6. The highest BCUT2D eigenvalue weighted by Gasteiger charge is 2.27. The fraction of sp³-hybridized carbons (Fsp3) is 0.222. The highest BCUT2D eigenvalue weighted by atomic mass is 16.5. The van der Waals surface area contributed by atoms with Crippen molar-refractivity contribution in [3.8, 4) is 11.5 Å². The number of likely N-dealkylation sites (N-methyl/N-ethyl adjacent to an activating group) is 1. The van der Waals surface area contributed by atoms with Crippen molar-refractivity contribution in [2.45, 2.75) is 13.0 Å². The molecule has 2 aromatic rings. The molecule has 108 valence electrons. The van der Waals surface area contributed by atoms with E-state index in [9.17, 15) is 5.11 Å². The summed E-state index contributed by atoms with van der Waals surface area (Å²) in [5.41, 5.74) is 4.29. The number of para-hydroxylation sites is 1. The van der Waals surface area contributed by atoms with E-state index in [0.717, 1.165) is 28.1 Å². The lowest BCUT2D eigenvalue weighted by Gasteiger charge is -2.33. The Bertz CT molecular complexity index is 704. The maximum Gasteiger partial charge on any atom is 0.136 e. The van der Waals surface area contributed by atoms with Crippen molar-refractivity contribution >= 4 is 5.57 Å². The molecule has 0 saturated heterocycles. The molecule has 0 aliphatic carbocycles. The van der Waals surface area contributed by atoms with Gasteiger partial charge in [-0.25, -0.2) is 0 Å². The average Bonchev–Trinajstić information content (AvgIpc) is 2.45. The van der Waals surface area contributed by atoms with Gasteiger partial charge in [-0.3, -0.25) is 0 Å². The molecule has 1 heterocycles. The third-order valence-corrected chi connectivity index (χ3v) is 3.72. The summed E-state index contributed by atoms with van der Waals surface area (Å²) in [4.78, 5) is 2.08. The fourth-order valence-electron chi connectivity index (χ4n) is 2.92. The van der Waals surface area contributed by atoms with E-state index in [1.165, 1.54) is 0 Å². The van der Waals surface area contributed by atoms with E-state index in [0.29, 0.717) is 0 Å². The van der Waals surface area contributed by atoms with Gasteiger partial charge in [0.05, 0.1) is 5.70 Å². The Balaban J connectivity index is 2.30. The van der Waals surface area contributed by atoms with Gasteiger partial charge in [0.25, 0.3) is 0 Å². The minimum absolute atomic E-state index is 0.0350. The predicted octanol–water partition coefficient (Wildman–Crippen LogP) is 3.49. The molecule has 3 nitrogen and oxygen atoms in total. The highest BCUT2D eigenvalue weighted by Crippen LogP contribution is 2.40. The zero-order valence-electron chi connectivity index (χ0n) is 12.5. The van der Waals surface area contributed by atoms with Gasteiger partial charge >= 0.3 is 0 Å². The summed E-state index contributed by atoms with van der Waals surface area (Å²) >= 11 is 0. The number of rotatable bonds is 2. The second kappa shape index (κ2) is 5.17. The van der Waals surface area contributed by atoms with E-state index in [1.807, 2.05) is 51.4 Å². The Morgan fingerprint density at radius 2 is 1.81 bits per heavy atom. The summed E-state index contributed by atoms with van der Waals surface area (Å²) in [5.74, 6) is 1.16. The average molecular weight is 281 g/mol. The van der Waals surface area contributed by atoms with Crippen LogP contribution in [0.25, 0.3) is 5.57 Å². The molecule has 0 fully saturated rings. The summed E-state index contributed by atoms with van der Waals surface area (Å²) in [5, 5.41) is 9.82. The highest BCUT2D eigenvalue weighted by molar-refractivity contribution is 5.86. The monoisotopic (exact) mass is 281 g/mol. The first-order chi connectivity index (χ1) is 10.1. The number of hydrogen-bond donors (Lipinski definition) is 1. The molecule has 0 saturated carbocycles. The molecule has 0 spiro atoms. The van der Waals surface area contributed by atoms with Crippen LogP contribution in [0.5, 0.6) is 11.5 Å². The van der Waals surface area contributed by atoms with Gasteiger partial charge in [0.1, 0.15) is 17.6 Å². The Morgan fingerprint density at radius 1 is 1.05 bits per heavy atom. The molecule has 0 amide bonds. The maximum atomic E-state index is 9.82.